The Labute approximate surface area is 380 Å². The van der Waals surface area contributed by atoms with Gasteiger partial charge in [-0.15, -0.1) is 0 Å². The van der Waals surface area contributed by atoms with Crippen LogP contribution in [0.3, 0.4) is 0 Å². The molecule has 62 heavy (non-hydrogen) atoms. The van der Waals surface area contributed by atoms with Crippen molar-refractivity contribution in [1.29, 1.82) is 0 Å². The Balaban J connectivity index is 4.48. The molecular weight excluding hydrogens is 806 g/mol. The molecule has 0 radical (unpaired) electrons. The van der Waals surface area contributed by atoms with Gasteiger partial charge in [0.15, 0.2) is 6.10 Å². The van der Waals surface area contributed by atoms with E-state index in [0.29, 0.717) is 12.8 Å². The molecule has 2 unspecified atom stereocenters. The Kier molecular flexibility index (Phi) is 43.1. The average molecular weight is 902 g/mol. The summed E-state index contributed by atoms with van der Waals surface area (Å²) in [5, 5.41) is 2.55. The van der Waals surface area contributed by atoms with Gasteiger partial charge in [0.1, 0.15) is 12.4 Å². The van der Waals surface area contributed by atoms with Gasteiger partial charge in [0, 0.05) is 38.1 Å². The Bertz CT molecular complexity index is 1120. The number of carbonyl (C=O) groups is 4. The molecule has 11 nitrogen and oxygen atoms in total. The zero-order chi connectivity index (χ0) is 45.8. The van der Waals surface area contributed by atoms with Crippen LogP contribution >= 0.6 is 7.82 Å². The predicted molar refractivity (Wildman–Crippen MR) is 253 cm³/mol. The van der Waals surface area contributed by atoms with Crippen molar-refractivity contribution in [3.8, 4) is 0 Å². The number of unbranched alkanes of at least 4 members (excludes halogenated alkanes) is 30. The zero-order valence-electron chi connectivity index (χ0n) is 40.5. The van der Waals surface area contributed by atoms with Crippen molar-refractivity contribution < 1.29 is 47.2 Å². The summed E-state index contributed by atoms with van der Waals surface area (Å²) in [4.78, 5) is 59.4. The first kappa shape index (κ1) is 60.2. The van der Waals surface area contributed by atoms with Crippen molar-refractivity contribution in [3.05, 3.63) is 0 Å². The largest absolute Gasteiger partial charge is 0.472 e. The SMILES string of the molecule is CCCCCCCCCCCCCCCCCCC(=O)OCC(COP(=O)(O)OCCNC(=O)CCC(=O)C(C)C)OC(=O)CCCCCCCCCCCCCCCCCC. The number of nitrogens with one attached hydrogen (secondary N) is 1. The van der Waals surface area contributed by atoms with Crippen LogP contribution in [-0.2, 0) is 42.3 Å². The van der Waals surface area contributed by atoms with Gasteiger partial charge in [0.2, 0.25) is 5.91 Å². The van der Waals surface area contributed by atoms with Crippen molar-refractivity contribution in [2.75, 3.05) is 26.4 Å². The van der Waals surface area contributed by atoms with E-state index in [-0.39, 0.29) is 63.1 Å². The molecule has 2 N–H and O–H groups in total. The molecule has 0 aromatic rings. The highest BCUT2D eigenvalue weighted by atomic mass is 31.2. The maximum absolute atomic E-state index is 12.8. The normalized spacial score (nSPS) is 12.9. The fourth-order valence-corrected chi connectivity index (χ4v) is 8.18. The number of Topliss-reactive ketones (excluding diaryl/α,β-unsaturated/α-hetero) is 1. The lowest BCUT2D eigenvalue weighted by atomic mass is 10.0. The predicted octanol–water partition coefficient (Wildman–Crippen LogP) is 14.0. The number of rotatable bonds is 48. The molecule has 0 heterocycles. The lowest BCUT2D eigenvalue weighted by Gasteiger charge is -2.20. The topological polar surface area (TPSA) is 155 Å². The number of ketones is 1. The van der Waals surface area contributed by atoms with Gasteiger partial charge in [0.05, 0.1) is 13.2 Å². The third-order valence-electron chi connectivity index (χ3n) is 11.5. The molecule has 0 aromatic heterocycles. The van der Waals surface area contributed by atoms with Crippen LogP contribution in [0, 0.1) is 5.92 Å². The van der Waals surface area contributed by atoms with Crippen LogP contribution < -0.4 is 5.32 Å². The minimum Gasteiger partial charge on any atom is -0.462 e. The highest BCUT2D eigenvalue weighted by molar-refractivity contribution is 7.47. The molecule has 0 aliphatic carbocycles. The summed E-state index contributed by atoms with van der Waals surface area (Å²) >= 11 is 0. The molecule has 0 fully saturated rings. The van der Waals surface area contributed by atoms with Crippen molar-refractivity contribution in [2.45, 2.75) is 265 Å². The van der Waals surface area contributed by atoms with Crippen molar-refractivity contribution in [1.82, 2.24) is 5.32 Å². The number of ether oxygens (including phenoxy) is 2. The summed E-state index contributed by atoms with van der Waals surface area (Å²) < 4.78 is 33.7. The van der Waals surface area contributed by atoms with Gasteiger partial charge in [-0.2, -0.15) is 0 Å². The van der Waals surface area contributed by atoms with E-state index >= 15 is 0 Å². The van der Waals surface area contributed by atoms with E-state index in [1.807, 2.05) is 0 Å². The number of carbonyl (C=O) groups excluding carboxylic acids is 4. The number of phosphoric acid groups is 1. The van der Waals surface area contributed by atoms with Gasteiger partial charge in [-0.05, 0) is 12.8 Å². The first-order valence-corrected chi connectivity index (χ1v) is 27.3. The summed E-state index contributed by atoms with van der Waals surface area (Å²) in [6.45, 7) is 6.89. The van der Waals surface area contributed by atoms with Crippen LogP contribution in [0.4, 0.5) is 0 Å². The fraction of sp³-hybridized carbons (Fsp3) is 0.920. The molecule has 0 spiro atoms. The van der Waals surface area contributed by atoms with E-state index in [1.54, 1.807) is 13.8 Å². The zero-order valence-corrected chi connectivity index (χ0v) is 41.4. The van der Waals surface area contributed by atoms with E-state index in [9.17, 15) is 28.6 Å². The lowest BCUT2D eigenvalue weighted by molar-refractivity contribution is -0.161. The van der Waals surface area contributed by atoms with Crippen LogP contribution in [0.25, 0.3) is 0 Å². The second kappa shape index (κ2) is 44.4. The summed E-state index contributed by atoms with van der Waals surface area (Å²) in [5.74, 6) is -1.43. The summed E-state index contributed by atoms with van der Waals surface area (Å²) in [6.07, 6.45) is 39.1. The Morgan fingerprint density at radius 3 is 1.24 bits per heavy atom. The first-order chi connectivity index (χ1) is 30.0. The number of esters is 2. The van der Waals surface area contributed by atoms with Gasteiger partial charge in [-0.25, -0.2) is 4.57 Å². The van der Waals surface area contributed by atoms with Crippen molar-refractivity contribution in [2.24, 2.45) is 5.92 Å². The van der Waals surface area contributed by atoms with Gasteiger partial charge < -0.3 is 19.7 Å². The molecule has 0 aromatic carbocycles. The number of hydrogen-bond acceptors (Lipinski definition) is 9. The van der Waals surface area contributed by atoms with Gasteiger partial charge >= 0.3 is 19.8 Å². The molecule has 0 aliphatic rings. The van der Waals surface area contributed by atoms with Crippen molar-refractivity contribution >= 4 is 31.5 Å². The third-order valence-corrected chi connectivity index (χ3v) is 12.5. The highest BCUT2D eigenvalue weighted by Gasteiger charge is 2.26. The number of amides is 1. The Morgan fingerprint density at radius 2 is 0.855 bits per heavy atom. The second-order valence-electron chi connectivity index (χ2n) is 18.0. The summed E-state index contributed by atoms with van der Waals surface area (Å²) in [5.41, 5.74) is 0. The van der Waals surface area contributed by atoms with E-state index < -0.39 is 32.5 Å². The van der Waals surface area contributed by atoms with Gasteiger partial charge in [0.25, 0.3) is 0 Å². The molecule has 2 atom stereocenters. The molecule has 0 bridgehead atoms. The molecule has 0 saturated heterocycles. The molecule has 12 heteroatoms. The van der Waals surface area contributed by atoms with E-state index in [0.717, 1.165) is 38.5 Å². The first-order valence-electron chi connectivity index (χ1n) is 25.8. The van der Waals surface area contributed by atoms with Crippen LogP contribution in [0.1, 0.15) is 259 Å². The molecule has 0 rings (SSSR count). The lowest BCUT2D eigenvalue weighted by Crippen LogP contribution is -2.30. The Morgan fingerprint density at radius 1 is 0.484 bits per heavy atom. The maximum atomic E-state index is 12.8. The van der Waals surface area contributed by atoms with Crippen LogP contribution in [0.15, 0.2) is 0 Å². The Hall–Kier alpha value is -1.81. The van der Waals surface area contributed by atoms with Crippen molar-refractivity contribution in [3.63, 3.8) is 0 Å². The van der Waals surface area contributed by atoms with Crippen LogP contribution in [-0.4, -0.2) is 61.0 Å². The molecule has 366 valence electrons. The van der Waals surface area contributed by atoms with Gasteiger partial charge in [-0.1, -0.05) is 220 Å². The maximum Gasteiger partial charge on any atom is 0.472 e. The van der Waals surface area contributed by atoms with E-state index in [4.69, 9.17) is 18.5 Å². The number of hydrogen-bond donors (Lipinski definition) is 2. The molecule has 0 aliphatic heterocycles. The minimum atomic E-state index is -4.58. The van der Waals surface area contributed by atoms with E-state index in [2.05, 4.69) is 19.2 Å². The van der Waals surface area contributed by atoms with Gasteiger partial charge in [-0.3, -0.25) is 28.2 Å². The summed E-state index contributed by atoms with van der Waals surface area (Å²) in [6, 6.07) is 0. The molecule has 0 saturated carbocycles. The minimum absolute atomic E-state index is 0.0177. The smallest absolute Gasteiger partial charge is 0.462 e. The van der Waals surface area contributed by atoms with Crippen LogP contribution in [0.5, 0.6) is 0 Å². The molecular formula is C50H96NO10P. The number of phosphoric ester groups is 1. The quantitative estimate of drug-likeness (QED) is 0.0342. The summed E-state index contributed by atoms with van der Waals surface area (Å²) in [7, 11) is -4.58. The average Bonchev–Trinajstić information content (AvgIpc) is 3.24. The standard InChI is InChI=1S/C50H96NO10P/c1-5-7-9-11-13-15-17-19-21-23-25-27-29-31-33-35-37-49(54)58-43-46(44-60-62(56,57)59-42-41-51-48(53)40-39-47(52)45(3)4)61-50(55)38-36-34-32-30-28-26-24-22-20-18-16-14-12-10-8-6-2/h45-46H,5-44H2,1-4H3,(H,51,53)(H,56,57). The monoisotopic (exact) mass is 902 g/mol. The second-order valence-corrected chi connectivity index (χ2v) is 19.4. The highest BCUT2D eigenvalue weighted by Crippen LogP contribution is 2.43. The van der Waals surface area contributed by atoms with Crippen LogP contribution in [0.2, 0.25) is 0 Å². The fourth-order valence-electron chi connectivity index (χ4n) is 7.43. The third kappa shape index (κ3) is 43.4. The van der Waals surface area contributed by atoms with E-state index in [1.165, 1.54) is 154 Å². The molecule has 1 amide bonds.